The molecule has 1 aliphatic carbocycles. The van der Waals surface area contributed by atoms with Crippen molar-refractivity contribution in [3.05, 3.63) is 0 Å². The number of hydrogen-bond donors (Lipinski definition) is 1. The van der Waals surface area contributed by atoms with Gasteiger partial charge in [0.1, 0.15) is 0 Å². The Morgan fingerprint density at radius 1 is 1.06 bits per heavy atom. The standard InChI is InChI=1S/C14H27NO/c1-12-6-3-2-4-8-14(12)15-10-9-13-7-5-11-16-13/h12-15H,2-11H2,1H3. The summed E-state index contributed by atoms with van der Waals surface area (Å²) in [6.45, 7) is 4.55. The lowest BCUT2D eigenvalue weighted by Gasteiger charge is -2.23. The third-order valence-corrected chi connectivity index (χ3v) is 4.26. The van der Waals surface area contributed by atoms with Crippen LogP contribution in [0.4, 0.5) is 0 Å². The smallest absolute Gasteiger partial charge is 0.0588 e. The van der Waals surface area contributed by atoms with Crippen LogP contribution in [0.15, 0.2) is 0 Å². The minimum atomic E-state index is 0.550. The number of nitrogens with one attached hydrogen (secondary N) is 1. The molecule has 0 aromatic heterocycles. The van der Waals surface area contributed by atoms with E-state index in [-0.39, 0.29) is 0 Å². The molecule has 3 unspecified atom stereocenters. The van der Waals surface area contributed by atoms with E-state index in [2.05, 4.69) is 12.2 Å². The fraction of sp³-hybridized carbons (Fsp3) is 1.00. The Morgan fingerprint density at radius 3 is 2.75 bits per heavy atom. The Balaban J connectivity index is 1.63. The number of ether oxygens (including phenoxy) is 1. The predicted octanol–water partition coefficient (Wildman–Crippen LogP) is 3.11. The van der Waals surface area contributed by atoms with Gasteiger partial charge in [-0.25, -0.2) is 0 Å². The molecule has 1 aliphatic heterocycles. The van der Waals surface area contributed by atoms with Gasteiger partial charge >= 0.3 is 0 Å². The van der Waals surface area contributed by atoms with Crippen molar-refractivity contribution in [3.63, 3.8) is 0 Å². The second-order valence-corrected chi connectivity index (χ2v) is 5.60. The Kier molecular flexibility index (Phi) is 5.11. The molecule has 1 saturated carbocycles. The number of rotatable bonds is 4. The molecule has 3 atom stereocenters. The fourth-order valence-electron chi connectivity index (χ4n) is 3.10. The molecule has 2 nitrogen and oxygen atoms in total. The molecule has 0 amide bonds. The zero-order valence-electron chi connectivity index (χ0n) is 10.7. The quantitative estimate of drug-likeness (QED) is 0.742. The van der Waals surface area contributed by atoms with E-state index >= 15 is 0 Å². The highest BCUT2D eigenvalue weighted by Gasteiger charge is 2.20. The molecule has 0 radical (unpaired) electrons. The summed E-state index contributed by atoms with van der Waals surface area (Å²) in [6, 6.07) is 0.768. The SMILES string of the molecule is CC1CCCCCC1NCCC1CCCO1. The maximum absolute atomic E-state index is 5.65. The molecular weight excluding hydrogens is 198 g/mol. The third-order valence-electron chi connectivity index (χ3n) is 4.26. The van der Waals surface area contributed by atoms with E-state index in [1.165, 1.54) is 51.4 Å². The molecule has 0 bridgehead atoms. The van der Waals surface area contributed by atoms with E-state index in [9.17, 15) is 0 Å². The normalized spacial score (nSPS) is 36.2. The topological polar surface area (TPSA) is 21.3 Å². The molecule has 0 aromatic rings. The van der Waals surface area contributed by atoms with Crippen LogP contribution in [-0.2, 0) is 4.74 Å². The molecule has 0 aromatic carbocycles. The van der Waals surface area contributed by atoms with Crippen LogP contribution in [0.2, 0.25) is 0 Å². The van der Waals surface area contributed by atoms with E-state index in [4.69, 9.17) is 4.74 Å². The highest BCUT2D eigenvalue weighted by Crippen LogP contribution is 2.23. The zero-order chi connectivity index (χ0) is 11.2. The first-order valence-corrected chi connectivity index (χ1v) is 7.21. The van der Waals surface area contributed by atoms with Crippen LogP contribution in [0, 0.1) is 5.92 Å². The molecule has 2 rings (SSSR count). The molecule has 1 saturated heterocycles. The van der Waals surface area contributed by atoms with Crippen molar-refractivity contribution < 1.29 is 4.74 Å². The average Bonchev–Trinajstić information content (AvgIpc) is 2.71. The van der Waals surface area contributed by atoms with E-state index in [1.54, 1.807) is 0 Å². The van der Waals surface area contributed by atoms with E-state index in [0.29, 0.717) is 6.10 Å². The van der Waals surface area contributed by atoms with Gasteiger partial charge in [-0.3, -0.25) is 0 Å². The lowest BCUT2D eigenvalue weighted by atomic mass is 9.97. The van der Waals surface area contributed by atoms with Crippen LogP contribution in [0.25, 0.3) is 0 Å². The van der Waals surface area contributed by atoms with Gasteiger partial charge in [0.25, 0.3) is 0 Å². The Hall–Kier alpha value is -0.0800. The maximum atomic E-state index is 5.65. The summed E-state index contributed by atoms with van der Waals surface area (Å²) in [5, 5.41) is 3.76. The second-order valence-electron chi connectivity index (χ2n) is 5.60. The summed E-state index contributed by atoms with van der Waals surface area (Å²) >= 11 is 0. The molecule has 1 N–H and O–H groups in total. The van der Waals surface area contributed by atoms with Gasteiger partial charge in [-0.2, -0.15) is 0 Å². The van der Waals surface area contributed by atoms with Crippen molar-refractivity contribution in [2.24, 2.45) is 5.92 Å². The summed E-state index contributed by atoms with van der Waals surface area (Å²) in [5.41, 5.74) is 0. The van der Waals surface area contributed by atoms with Crippen molar-refractivity contribution >= 4 is 0 Å². The Morgan fingerprint density at radius 2 is 1.94 bits per heavy atom. The van der Waals surface area contributed by atoms with Crippen molar-refractivity contribution in [3.8, 4) is 0 Å². The molecule has 16 heavy (non-hydrogen) atoms. The van der Waals surface area contributed by atoms with Gasteiger partial charge in [0.2, 0.25) is 0 Å². The highest BCUT2D eigenvalue weighted by molar-refractivity contribution is 4.77. The van der Waals surface area contributed by atoms with Crippen molar-refractivity contribution in [2.75, 3.05) is 13.2 Å². The van der Waals surface area contributed by atoms with Gasteiger partial charge in [-0.1, -0.05) is 26.2 Å². The van der Waals surface area contributed by atoms with Gasteiger partial charge in [-0.05, 0) is 44.6 Å². The van der Waals surface area contributed by atoms with Crippen LogP contribution >= 0.6 is 0 Å². The monoisotopic (exact) mass is 225 g/mol. The third kappa shape index (κ3) is 3.74. The summed E-state index contributed by atoms with van der Waals surface area (Å²) < 4.78 is 5.65. The van der Waals surface area contributed by atoms with Crippen LogP contribution in [-0.4, -0.2) is 25.3 Å². The van der Waals surface area contributed by atoms with Crippen LogP contribution in [0.1, 0.15) is 58.3 Å². The van der Waals surface area contributed by atoms with Crippen LogP contribution in [0.5, 0.6) is 0 Å². The largest absolute Gasteiger partial charge is 0.378 e. The van der Waals surface area contributed by atoms with E-state index in [0.717, 1.165) is 25.1 Å². The summed E-state index contributed by atoms with van der Waals surface area (Å²) in [7, 11) is 0. The average molecular weight is 225 g/mol. The Bertz CT molecular complexity index is 189. The Labute approximate surface area is 100 Å². The molecule has 94 valence electrons. The summed E-state index contributed by atoms with van der Waals surface area (Å²) in [5.74, 6) is 0.868. The van der Waals surface area contributed by atoms with Crippen LogP contribution < -0.4 is 5.32 Å². The molecular formula is C14H27NO. The van der Waals surface area contributed by atoms with Gasteiger partial charge in [0.15, 0.2) is 0 Å². The lowest BCUT2D eigenvalue weighted by molar-refractivity contribution is 0.103. The maximum Gasteiger partial charge on any atom is 0.0588 e. The lowest BCUT2D eigenvalue weighted by Crippen LogP contribution is -2.36. The first-order chi connectivity index (χ1) is 7.86. The molecule has 1 heterocycles. The summed E-state index contributed by atoms with van der Waals surface area (Å²) in [4.78, 5) is 0. The molecule has 2 fully saturated rings. The summed E-state index contributed by atoms with van der Waals surface area (Å²) in [6.07, 6.45) is 11.4. The molecule has 0 spiro atoms. The zero-order valence-corrected chi connectivity index (χ0v) is 10.7. The van der Waals surface area contributed by atoms with Crippen molar-refractivity contribution in [2.45, 2.75) is 70.4 Å². The van der Waals surface area contributed by atoms with Gasteiger partial charge in [-0.15, -0.1) is 0 Å². The van der Waals surface area contributed by atoms with E-state index in [1.807, 2.05) is 0 Å². The second kappa shape index (κ2) is 6.61. The van der Waals surface area contributed by atoms with Gasteiger partial charge in [0.05, 0.1) is 6.10 Å². The molecule has 2 aliphatic rings. The first-order valence-electron chi connectivity index (χ1n) is 7.21. The van der Waals surface area contributed by atoms with Crippen LogP contribution in [0.3, 0.4) is 0 Å². The number of hydrogen-bond acceptors (Lipinski definition) is 2. The first kappa shape index (κ1) is 12.4. The van der Waals surface area contributed by atoms with E-state index < -0.39 is 0 Å². The predicted molar refractivity (Wildman–Crippen MR) is 67.6 cm³/mol. The fourth-order valence-corrected chi connectivity index (χ4v) is 3.10. The van der Waals surface area contributed by atoms with Gasteiger partial charge < -0.3 is 10.1 Å². The van der Waals surface area contributed by atoms with Gasteiger partial charge in [0, 0.05) is 12.6 Å². The molecule has 2 heteroatoms. The van der Waals surface area contributed by atoms with Crippen molar-refractivity contribution in [1.82, 2.24) is 5.32 Å². The minimum absolute atomic E-state index is 0.550. The minimum Gasteiger partial charge on any atom is -0.378 e. The van der Waals surface area contributed by atoms with Crippen molar-refractivity contribution in [1.29, 1.82) is 0 Å². The highest BCUT2D eigenvalue weighted by atomic mass is 16.5.